The smallest absolute Gasteiger partial charge is 0.261 e. The summed E-state index contributed by atoms with van der Waals surface area (Å²) in [4.78, 5) is 12.6. The number of amides is 1. The minimum absolute atomic E-state index is 0.0840. The maximum absolute atomic E-state index is 13.0. The lowest BCUT2D eigenvalue weighted by molar-refractivity contribution is 0.0948. The average Bonchev–Trinajstić information content (AvgIpc) is 2.66. The van der Waals surface area contributed by atoms with Crippen molar-refractivity contribution in [2.24, 2.45) is 5.92 Å². The van der Waals surface area contributed by atoms with Crippen LogP contribution in [0, 0.1) is 12.8 Å². The zero-order chi connectivity index (χ0) is 20.9. The predicted molar refractivity (Wildman–Crippen MR) is 114 cm³/mol. The van der Waals surface area contributed by atoms with Crippen LogP contribution in [-0.2, 0) is 22.9 Å². The van der Waals surface area contributed by atoms with E-state index in [0.717, 1.165) is 29.5 Å². The molecular weight excluding hydrogens is 372 g/mol. The number of nitrogens with one attached hydrogen (secondary N) is 2. The Balaban J connectivity index is 2.40. The molecule has 2 N–H and O–H groups in total. The monoisotopic (exact) mass is 402 g/mol. The summed E-state index contributed by atoms with van der Waals surface area (Å²) < 4.78 is 28.8. The van der Waals surface area contributed by atoms with Crippen LogP contribution in [0.4, 0.5) is 5.69 Å². The normalized spacial score (nSPS) is 11.5. The third-order valence-electron chi connectivity index (χ3n) is 4.67. The molecule has 28 heavy (non-hydrogen) atoms. The van der Waals surface area contributed by atoms with Gasteiger partial charge in [0.15, 0.2) is 0 Å². The van der Waals surface area contributed by atoms with Gasteiger partial charge in [-0.25, -0.2) is 8.42 Å². The van der Waals surface area contributed by atoms with Crippen molar-refractivity contribution in [3.63, 3.8) is 0 Å². The Morgan fingerprint density at radius 3 is 2.18 bits per heavy atom. The Morgan fingerprint density at radius 1 is 1.04 bits per heavy atom. The first-order valence-corrected chi connectivity index (χ1v) is 11.2. The average molecular weight is 403 g/mol. The number of hydrogen-bond acceptors (Lipinski definition) is 3. The van der Waals surface area contributed by atoms with Crippen LogP contribution < -0.4 is 10.0 Å². The number of sulfonamides is 1. The van der Waals surface area contributed by atoms with E-state index in [1.165, 1.54) is 12.1 Å². The van der Waals surface area contributed by atoms with Gasteiger partial charge in [0.05, 0.1) is 10.6 Å². The Morgan fingerprint density at radius 2 is 1.64 bits per heavy atom. The van der Waals surface area contributed by atoms with E-state index in [-0.39, 0.29) is 10.8 Å². The quantitative estimate of drug-likeness (QED) is 0.691. The van der Waals surface area contributed by atoms with Crippen molar-refractivity contribution in [2.45, 2.75) is 52.4 Å². The lowest BCUT2D eigenvalue weighted by Gasteiger charge is -2.16. The van der Waals surface area contributed by atoms with Crippen molar-refractivity contribution in [2.75, 3.05) is 11.3 Å². The number of hydrogen-bond donors (Lipinski definition) is 2. The van der Waals surface area contributed by atoms with Crippen LogP contribution in [0.15, 0.2) is 41.3 Å². The van der Waals surface area contributed by atoms with Crippen molar-refractivity contribution in [1.82, 2.24) is 5.32 Å². The number of anilines is 1. The maximum Gasteiger partial charge on any atom is 0.261 e. The van der Waals surface area contributed by atoms with Crippen LogP contribution in [0.25, 0.3) is 0 Å². The van der Waals surface area contributed by atoms with E-state index >= 15 is 0 Å². The molecule has 0 heterocycles. The zero-order valence-corrected chi connectivity index (χ0v) is 18.1. The molecule has 5 nitrogen and oxygen atoms in total. The number of benzene rings is 2. The highest BCUT2D eigenvalue weighted by Gasteiger charge is 2.20. The van der Waals surface area contributed by atoms with Gasteiger partial charge in [-0.3, -0.25) is 9.52 Å². The minimum atomic E-state index is -3.81. The fourth-order valence-corrected chi connectivity index (χ4v) is 4.14. The van der Waals surface area contributed by atoms with Gasteiger partial charge in [0.1, 0.15) is 0 Å². The van der Waals surface area contributed by atoms with Gasteiger partial charge in [0.2, 0.25) is 0 Å². The van der Waals surface area contributed by atoms with Crippen molar-refractivity contribution < 1.29 is 13.2 Å². The third-order valence-corrected chi connectivity index (χ3v) is 6.02. The first-order chi connectivity index (χ1) is 13.2. The highest BCUT2D eigenvalue weighted by Crippen LogP contribution is 2.26. The van der Waals surface area contributed by atoms with Gasteiger partial charge in [0.25, 0.3) is 15.9 Å². The number of rotatable bonds is 8. The SMILES string of the molecule is CCc1cccc(CC)c1NS(=O)(=O)c1ccc(C)c(C(=O)NCC(C)C)c1. The fourth-order valence-electron chi connectivity index (χ4n) is 2.97. The summed E-state index contributed by atoms with van der Waals surface area (Å²) in [6.45, 7) is 10.3. The van der Waals surface area contributed by atoms with Gasteiger partial charge in [-0.15, -0.1) is 0 Å². The Bertz CT molecular complexity index is 928. The van der Waals surface area contributed by atoms with Crippen LogP contribution >= 0.6 is 0 Å². The molecule has 1 amide bonds. The van der Waals surface area contributed by atoms with Gasteiger partial charge in [-0.2, -0.15) is 0 Å². The first kappa shape index (κ1) is 22.0. The largest absolute Gasteiger partial charge is 0.352 e. The molecule has 0 aromatic heterocycles. The molecule has 0 saturated heterocycles. The summed E-state index contributed by atoms with van der Waals surface area (Å²) in [5.41, 5.74) is 3.65. The van der Waals surface area contributed by atoms with Gasteiger partial charge < -0.3 is 5.32 Å². The lowest BCUT2D eigenvalue weighted by atomic mass is 10.0. The molecular formula is C22H30N2O3S. The number of aryl methyl sites for hydroxylation is 3. The van der Waals surface area contributed by atoms with Crippen molar-refractivity contribution in [3.8, 4) is 0 Å². The molecule has 0 saturated carbocycles. The third kappa shape index (κ3) is 5.13. The molecule has 0 aliphatic heterocycles. The number of para-hydroxylation sites is 1. The maximum atomic E-state index is 13.0. The van der Waals surface area contributed by atoms with E-state index in [4.69, 9.17) is 0 Å². The van der Waals surface area contributed by atoms with Crippen LogP contribution in [0.3, 0.4) is 0 Å². The second-order valence-corrected chi connectivity index (χ2v) is 9.03. The zero-order valence-electron chi connectivity index (χ0n) is 17.3. The number of carbonyl (C=O) groups excluding carboxylic acids is 1. The molecule has 0 atom stereocenters. The molecule has 2 rings (SSSR count). The fraction of sp³-hybridized carbons (Fsp3) is 0.409. The molecule has 0 spiro atoms. The van der Waals surface area contributed by atoms with Gasteiger partial charge in [-0.05, 0) is 54.5 Å². The van der Waals surface area contributed by atoms with E-state index in [0.29, 0.717) is 23.7 Å². The van der Waals surface area contributed by atoms with Crippen molar-refractivity contribution >= 4 is 21.6 Å². The molecule has 2 aromatic rings. The van der Waals surface area contributed by atoms with E-state index < -0.39 is 10.0 Å². The van der Waals surface area contributed by atoms with Crippen LogP contribution in [0.5, 0.6) is 0 Å². The van der Waals surface area contributed by atoms with E-state index in [9.17, 15) is 13.2 Å². The molecule has 0 aliphatic rings. The van der Waals surface area contributed by atoms with Crippen molar-refractivity contribution in [1.29, 1.82) is 0 Å². The predicted octanol–water partition coefficient (Wildman–Crippen LogP) is 4.31. The van der Waals surface area contributed by atoms with E-state index in [1.807, 2.05) is 45.9 Å². The summed E-state index contributed by atoms with van der Waals surface area (Å²) in [6, 6.07) is 10.5. The molecule has 2 aromatic carbocycles. The highest BCUT2D eigenvalue weighted by molar-refractivity contribution is 7.92. The van der Waals surface area contributed by atoms with Crippen LogP contribution in [0.1, 0.15) is 54.7 Å². The molecule has 6 heteroatoms. The topological polar surface area (TPSA) is 75.3 Å². The van der Waals surface area contributed by atoms with Crippen molar-refractivity contribution in [3.05, 3.63) is 58.7 Å². The summed E-state index contributed by atoms with van der Waals surface area (Å²) in [6.07, 6.45) is 1.45. The lowest BCUT2D eigenvalue weighted by Crippen LogP contribution is -2.28. The minimum Gasteiger partial charge on any atom is -0.352 e. The second kappa shape index (κ2) is 9.24. The first-order valence-electron chi connectivity index (χ1n) is 9.72. The molecule has 0 fully saturated rings. The molecule has 0 unspecified atom stereocenters. The van der Waals surface area contributed by atoms with E-state index in [2.05, 4.69) is 10.0 Å². The standard InChI is InChI=1S/C22H30N2O3S/c1-6-17-9-8-10-18(7-2)21(17)24-28(26,27)19-12-11-16(5)20(13-19)22(25)23-14-15(3)4/h8-13,15,24H,6-7,14H2,1-5H3,(H,23,25). The number of carbonyl (C=O) groups is 1. The Kier molecular flexibility index (Phi) is 7.24. The summed E-state index contributed by atoms with van der Waals surface area (Å²) in [5.74, 6) is 0.0577. The van der Waals surface area contributed by atoms with E-state index in [1.54, 1.807) is 13.0 Å². The van der Waals surface area contributed by atoms with Crippen LogP contribution in [-0.4, -0.2) is 20.9 Å². The summed E-state index contributed by atoms with van der Waals surface area (Å²) >= 11 is 0. The second-order valence-electron chi connectivity index (χ2n) is 7.34. The van der Waals surface area contributed by atoms with Gasteiger partial charge in [0, 0.05) is 12.1 Å². The van der Waals surface area contributed by atoms with Crippen LogP contribution in [0.2, 0.25) is 0 Å². The Labute approximate surface area is 168 Å². The van der Waals surface area contributed by atoms with Gasteiger partial charge in [-0.1, -0.05) is 52.0 Å². The molecule has 0 aliphatic carbocycles. The molecule has 0 bridgehead atoms. The molecule has 152 valence electrons. The Hall–Kier alpha value is -2.34. The summed E-state index contributed by atoms with van der Waals surface area (Å²) in [5, 5.41) is 2.85. The van der Waals surface area contributed by atoms with Gasteiger partial charge >= 0.3 is 0 Å². The molecule has 0 radical (unpaired) electrons. The summed E-state index contributed by atoms with van der Waals surface area (Å²) in [7, 11) is -3.81. The highest BCUT2D eigenvalue weighted by atomic mass is 32.2.